The summed E-state index contributed by atoms with van der Waals surface area (Å²) in [6.45, 7) is 2.58. The van der Waals surface area contributed by atoms with E-state index < -0.39 is 23.9 Å². The number of nitrogens with one attached hydrogen (secondary N) is 1. The van der Waals surface area contributed by atoms with Gasteiger partial charge in [-0.05, 0) is 18.8 Å². The fraction of sp³-hybridized carbons (Fsp3) is 0.727. The molecule has 1 aliphatic rings. The Balaban J connectivity index is 2.41. The summed E-state index contributed by atoms with van der Waals surface area (Å²) in [5.41, 5.74) is 4.97. The van der Waals surface area contributed by atoms with Crippen LogP contribution in [0.2, 0.25) is 0 Å². The molecule has 0 bridgehead atoms. The lowest BCUT2D eigenvalue weighted by atomic mass is 10.0. The van der Waals surface area contributed by atoms with E-state index in [-0.39, 0.29) is 12.3 Å². The summed E-state index contributed by atoms with van der Waals surface area (Å²) in [6, 6.07) is -1.16. The number of hydrogen-bond acceptors (Lipinski definition) is 3. The fourth-order valence-electron chi connectivity index (χ4n) is 2.11. The van der Waals surface area contributed by atoms with Crippen molar-refractivity contribution < 1.29 is 19.5 Å². The zero-order valence-electron chi connectivity index (χ0n) is 10.4. The van der Waals surface area contributed by atoms with Gasteiger partial charge in [-0.2, -0.15) is 0 Å². The summed E-state index contributed by atoms with van der Waals surface area (Å²) in [5.74, 6) is -1.44. The van der Waals surface area contributed by atoms with E-state index in [1.807, 2.05) is 6.92 Å². The van der Waals surface area contributed by atoms with Crippen LogP contribution in [0.5, 0.6) is 0 Å². The number of aliphatic carboxylic acids is 1. The van der Waals surface area contributed by atoms with Crippen LogP contribution in [0.25, 0.3) is 0 Å². The van der Waals surface area contributed by atoms with Crippen LogP contribution in [-0.4, -0.2) is 47.0 Å². The summed E-state index contributed by atoms with van der Waals surface area (Å²) in [7, 11) is 0. The smallest absolute Gasteiger partial charge is 0.326 e. The number of primary amides is 1. The predicted octanol–water partition coefficient (Wildman–Crippen LogP) is -0.243. The first kappa shape index (κ1) is 14.3. The van der Waals surface area contributed by atoms with E-state index in [9.17, 15) is 14.4 Å². The van der Waals surface area contributed by atoms with E-state index in [0.717, 1.165) is 0 Å². The summed E-state index contributed by atoms with van der Waals surface area (Å²) in [5, 5.41) is 11.7. The number of carboxylic acid groups (broad SMARTS) is 1. The second kappa shape index (κ2) is 6.23. The van der Waals surface area contributed by atoms with Crippen molar-refractivity contribution in [2.24, 2.45) is 11.7 Å². The fourth-order valence-corrected chi connectivity index (χ4v) is 2.11. The maximum atomic E-state index is 11.8. The number of urea groups is 1. The van der Waals surface area contributed by atoms with Crippen molar-refractivity contribution in [3.63, 3.8) is 0 Å². The van der Waals surface area contributed by atoms with Gasteiger partial charge < -0.3 is 21.1 Å². The maximum absolute atomic E-state index is 11.8. The molecule has 0 radical (unpaired) electrons. The summed E-state index contributed by atoms with van der Waals surface area (Å²) >= 11 is 0. The van der Waals surface area contributed by atoms with E-state index in [0.29, 0.717) is 25.9 Å². The largest absolute Gasteiger partial charge is 0.480 e. The summed E-state index contributed by atoms with van der Waals surface area (Å²) in [6.07, 6.45) is 1.35. The molecule has 1 heterocycles. The van der Waals surface area contributed by atoms with Crippen LogP contribution in [0.4, 0.5) is 4.79 Å². The van der Waals surface area contributed by atoms with Crippen LogP contribution in [0.3, 0.4) is 0 Å². The summed E-state index contributed by atoms with van der Waals surface area (Å²) in [4.78, 5) is 34.7. The van der Waals surface area contributed by atoms with Gasteiger partial charge in [-0.25, -0.2) is 9.59 Å². The molecule has 1 rings (SSSR count). The molecule has 1 aliphatic heterocycles. The van der Waals surface area contributed by atoms with Gasteiger partial charge in [0.2, 0.25) is 5.91 Å². The van der Waals surface area contributed by atoms with Crippen molar-refractivity contribution in [2.75, 3.05) is 13.1 Å². The molecule has 2 atom stereocenters. The molecule has 18 heavy (non-hydrogen) atoms. The van der Waals surface area contributed by atoms with Gasteiger partial charge in [0.05, 0.1) is 0 Å². The number of likely N-dealkylation sites (tertiary alicyclic amines) is 1. The molecule has 0 saturated carbocycles. The van der Waals surface area contributed by atoms with Gasteiger partial charge in [-0.1, -0.05) is 6.92 Å². The molecule has 0 aromatic heterocycles. The van der Waals surface area contributed by atoms with Crippen molar-refractivity contribution in [3.05, 3.63) is 0 Å². The van der Waals surface area contributed by atoms with E-state index in [1.165, 1.54) is 4.90 Å². The number of nitrogens with zero attached hydrogens (tertiary/aromatic N) is 1. The topological polar surface area (TPSA) is 113 Å². The number of rotatable bonds is 5. The van der Waals surface area contributed by atoms with Gasteiger partial charge in [0, 0.05) is 19.5 Å². The van der Waals surface area contributed by atoms with E-state index >= 15 is 0 Å². The van der Waals surface area contributed by atoms with Crippen LogP contribution < -0.4 is 11.1 Å². The highest BCUT2D eigenvalue weighted by molar-refractivity contribution is 5.83. The summed E-state index contributed by atoms with van der Waals surface area (Å²) < 4.78 is 0. The highest BCUT2D eigenvalue weighted by Crippen LogP contribution is 2.23. The molecule has 7 heteroatoms. The zero-order valence-corrected chi connectivity index (χ0v) is 10.4. The Labute approximate surface area is 105 Å². The minimum Gasteiger partial charge on any atom is -0.480 e. The van der Waals surface area contributed by atoms with Crippen LogP contribution >= 0.6 is 0 Å². The lowest BCUT2D eigenvalue weighted by Crippen LogP contribution is -2.47. The van der Waals surface area contributed by atoms with Crippen LogP contribution in [0, 0.1) is 5.92 Å². The van der Waals surface area contributed by atoms with Gasteiger partial charge in [0.15, 0.2) is 0 Å². The molecule has 0 aromatic carbocycles. The molecular formula is C11H19N3O4. The lowest BCUT2D eigenvalue weighted by molar-refractivity contribution is -0.142. The van der Waals surface area contributed by atoms with Gasteiger partial charge >= 0.3 is 12.0 Å². The van der Waals surface area contributed by atoms with Crippen LogP contribution in [-0.2, 0) is 9.59 Å². The molecule has 4 N–H and O–H groups in total. The second-order valence-electron chi connectivity index (χ2n) is 4.54. The molecule has 0 aliphatic carbocycles. The molecule has 0 spiro atoms. The van der Waals surface area contributed by atoms with E-state index in [1.54, 1.807) is 0 Å². The number of carbonyl (C=O) groups excluding carboxylic acids is 2. The van der Waals surface area contributed by atoms with Gasteiger partial charge in [0.1, 0.15) is 6.04 Å². The van der Waals surface area contributed by atoms with E-state index in [4.69, 9.17) is 10.8 Å². The van der Waals surface area contributed by atoms with Gasteiger partial charge in [0.25, 0.3) is 0 Å². The van der Waals surface area contributed by atoms with Crippen LogP contribution in [0.1, 0.15) is 26.2 Å². The third kappa shape index (κ3) is 3.61. The molecule has 0 aromatic rings. The van der Waals surface area contributed by atoms with Gasteiger partial charge in [-0.15, -0.1) is 0 Å². The maximum Gasteiger partial charge on any atom is 0.326 e. The van der Waals surface area contributed by atoms with E-state index in [2.05, 4.69) is 5.32 Å². The Bertz CT molecular complexity index is 345. The SMILES string of the molecule is CC1CCN(C(=O)NCCCC(N)=O)C1C(=O)O. The van der Waals surface area contributed by atoms with Crippen LogP contribution in [0.15, 0.2) is 0 Å². The third-order valence-corrected chi connectivity index (χ3v) is 3.09. The third-order valence-electron chi connectivity index (χ3n) is 3.09. The lowest BCUT2D eigenvalue weighted by Gasteiger charge is -2.23. The average Bonchev–Trinajstić information content (AvgIpc) is 2.66. The average molecular weight is 257 g/mol. The number of carbonyl (C=O) groups is 3. The Morgan fingerprint density at radius 3 is 2.67 bits per heavy atom. The Morgan fingerprint density at radius 1 is 1.44 bits per heavy atom. The molecule has 3 amide bonds. The molecule has 1 fully saturated rings. The Morgan fingerprint density at radius 2 is 2.11 bits per heavy atom. The first-order valence-corrected chi connectivity index (χ1v) is 5.99. The Hall–Kier alpha value is -1.79. The molecule has 2 unspecified atom stereocenters. The number of hydrogen-bond donors (Lipinski definition) is 3. The molecule has 1 saturated heterocycles. The first-order valence-electron chi connectivity index (χ1n) is 5.99. The zero-order chi connectivity index (χ0) is 13.7. The number of carboxylic acids is 1. The minimum atomic E-state index is -0.979. The number of amides is 3. The minimum absolute atomic E-state index is 0.0427. The monoisotopic (exact) mass is 257 g/mol. The van der Waals surface area contributed by atoms with Gasteiger partial charge in [-0.3, -0.25) is 4.79 Å². The van der Waals surface area contributed by atoms with Crippen molar-refractivity contribution in [1.82, 2.24) is 10.2 Å². The quantitative estimate of drug-likeness (QED) is 0.590. The normalized spacial score (nSPS) is 22.8. The molecular weight excluding hydrogens is 238 g/mol. The van der Waals surface area contributed by atoms with Crippen molar-refractivity contribution >= 4 is 17.9 Å². The van der Waals surface area contributed by atoms with Crippen molar-refractivity contribution in [2.45, 2.75) is 32.2 Å². The first-order chi connectivity index (χ1) is 8.43. The van der Waals surface area contributed by atoms with Crippen molar-refractivity contribution in [1.29, 1.82) is 0 Å². The Kier molecular flexibility index (Phi) is 4.94. The highest BCUT2D eigenvalue weighted by atomic mass is 16.4. The molecule has 7 nitrogen and oxygen atoms in total. The van der Waals surface area contributed by atoms with Crippen molar-refractivity contribution in [3.8, 4) is 0 Å². The standard InChI is InChI=1S/C11H19N3O4/c1-7-4-6-14(9(7)10(16)17)11(18)13-5-2-3-8(12)15/h7,9H,2-6H2,1H3,(H2,12,15)(H,13,18)(H,16,17). The number of nitrogens with two attached hydrogens (primary N) is 1. The molecule has 102 valence electrons. The highest BCUT2D eigenvalue weighted by Gasteiger charge is 2.39. The second-order valence-corrected chi connectivity index (χ2v) is 4.54. The predicted molar refractivity (Wildman–Crippen MR) is 63.7 cm³/mol.